The van der Waals surface area contributed by atoms with Crippen molar-refractivity contribution >= 4 is 16.9 Å². The number of unbranched alkanes of at least 4 members (excludes halogenated alkanes) is 19. The third-order valence-corrected chi connectivity index (χ3v) is 7.82. The Balaban J connectivity index is 1.64. The number of ether oxygens (including phenoxy) is 1. The lowest BCUT2D eigenvalue weighted by molar-refractivity contribution is -0.672. The van der Waals surface area contributed by atoms with Crippen molar-refractivity contribution in [3.05, 3.63) is 36.5 Å². The number of carbonyl (C=O) groups is 1. The molecule has 1 aromatic heterocycles. The predicted octanol–water partition coefficient (Wildman–Crippen LogP) is 10.7. The molecule has 0 aliphatic carbocycles. The molecule has 0 aliphatic heterocycles. The molecule has 0 amide bonds. The Morgan fingerprint density at radius 2 is 1.08 bits per heavy atom. The molecule has 0 aliphatic rings. The van der Waals surface area contributed by atoms with Gasteiger partial charge in [0.05, 0.1) is 5.39 Å². The highest BCUT2D eigenvalue weighted by Gasteiger charge is 2.17. The number of aromatic nitrogens is 1. The van der Waals surface area contributed by atoms with Crippen molar-refractivity contribution in [2.75, 3.05) is 0 Å². The quantitative estimate of drug-likeness (QED) is 0.0591. The standard InChI is InChI=1S/C35H58NO2/c1-3-5-7-9-11-13-14-15-16-17-18-20-22-29-34(37)38-33-28-24-26-32-27-25-31-36(35(32)33)30-23-21-19-12-10-8-6-4-2/h24-28,31H,3-23,29-30H2,1-2H3/q+1. The molecule has 0 saturated heterocycles. The number of hydrogen-bond acceptors (Lipinski definition) is 2. The van der Waals surface area contributed by atoms with Crippen molar-refractivity contribution in [3.63, 3.8) is 0 Å². The fourth-order valence-corrected chi connectivity index (χ4v) is 5.45. The number of carbonyl (C=O) groups excluding carboxylic acids is 1. The van der Waals surface area contributed by atoms with Crippen LogP contribution in [-0.4, -0.2) is 5.97 Å². The Hall–Kier alpha value is -1.90. The number of hydrogen-bond donors (Lipinski definition) is 0. The molecule has 0 bridgehead atoms. The lowest BCUT2D eigenvalue weighted by Gasteiger charge is -2.08. The van der Waals surface area contributed by atoms with Crippen LogP contribution in [0.2, 0.25) is 0 Å². The van der Waals surface area contributed by atoms with E-state index in [0.717, 1.165) is 30.3 Å². The number of nitrogens with zero attached hydrogens (tertiary/aromatic N) is 1. The number of rotatable bonds is 24. The molecule has 0 spiro atoms. The summed E-state index contributed by atoms with van der Waals surface area (Å²) in [6.07, 6.45) is 30.2. The molecule has 0 fully saturated rings. The molecule has 1 aromatic carbocycles. The van der Waals surface area contributed by atoms with E-state index in [4.69, 9.17) is 4.74 Å². The molecule has 214 valence electrons. The van der Waals surface area contributed by atoms with Gasteiger partial charge in [-0.2, -0.15) is 4.57 Å². The fraction of sp³-hybridized carbons (Fsp3) is 0.714. The van der Waals surface area contributed by atoms with Crippen molar-refractivity contribution in [1.29, 1.82) is 0 Å². The van der Waals surface area contributed by atoms with E-state index in [9.17, 15) is 4.79 Å². The number of pyridine rings is 1. The Labute approximate surface area is 234 Å². The Morgan fingerprint density at radius 3 is 1.63 bits per heavy atom. The molecular formula is C35H58NO2+. The maximum absolute atomic E-state index is 12.6. The predicted molar refractivity (Wildman–Crippen MR) is 163 cm³/mol. The van der Waals surface area contributed by atoms with Crippen LogP contribution in [-0.2, 0) is 11.3 Å². The van der Waals surface area contributed by atoms with Crippen molar-refractivity contribution in [1.82, 2.24) is 0 Å². The number of esters is 1. The number of aryl methyl sites for hydroxylation is 1. The summed E-state index contributed by atoms with van der Waals surface area (Å²) in [7, 11) is 0. The lowest BCUT2D eigenvalue weighted by Crippen LogP contribution is -2.34. The average Bonchev–Trinajstić information content (AvgIpc) is 2.93. The molecule has 0 atom stereocenters. The summed E-state index contributed by atoms with van der Waals surface area (Å²) in [4.78, 5) is 12.6. The second-order valence-electron chi connectivity index (χ2n) is 11.3. The molecule has 1 heterocycles. The Morgan fingerprint density at radius 1 is 0.605 bits per heavy atom. The Bertz CT molecular complexity index is 857. The van der Waals surface area contributed by atoms with Crippen LogP contribution < -0.4 is 9.30 Å². The van der Waals surface area contributed by atoms with Crippen LogP contribution in [0.15, 0.2) is 36.5 Å². The maximum Gasteiger partial charge on any atom is 0.311 e. The van der Waals surface area contributed by atoms with Crippen molar-refractivity contribution in [2.45, 2.75) is 162 Å². The van der Waals surface area contributed by atoms with Crippen LogP contribution in [0.5, 0.6) is 5.75 Å². The van der Waals surface area contributed by atoms with Gasteiger partial charge in [-0.05, 0) is 31.0 Å². The van der Waals surface area contributed by atoms with Crippen LogP contribution in [0.3, 0.4) is 0 Å². The number of benzene rings is 1. The largest absolute Gasteiger partial charge is 0.419 e. The van der Waals surface area contributed by atoms with Crippen LogP contribution in [0.25, 0.3) is 10.9 Å². The van der Waals surface area contributed by atoms with Crippen LogP contribution in [0.4, 0.5) is 0 Å². The molecule has 38 heavy (non-hydrogen) atoms. The summed E-state index contributed by atoms with van der Waals surface area (Å²) in [5, 5.41) is 1.14. The molecule has 0 radical (unpaired) electrons. The fourth-order valence-electron chi connectivity index (χ4n) is 5.45. The van der Waals surface area contributed by atoms with Gasteiger partial charge in [-0.3, -0.25) is 4.79 Å². The van der Waals surface area contributed by atoms with E-state index in [1.807, 2.05) is 12.1 Å². The van der Waals surface area contributed by atoms with E-state index in [2.05, 4.69) is 42.8 Å². The molecule has 0 unspecified atom stereocenters. The smallest absolute Gasteiger partial charge is 0.311 e. The monoisotopic (exact) mass is 524 g/mol. The van der Waals surface area contributed by atoms with Crippen LogP contribution in [0.1, 0.15) is 155 Å². The first-order valence-corrected chi connectivity index (χ1v) is 16.4. The second-order valence-corrected chi connectivity index (χ2v) is 11.3. The van der Waals surface area contributed by atoms with Gasteiger partial charge in [-0.25, -0.2) is 0 Å². The molecule has 3 heteroatoms. The van der Waals surface area contributed by atoms with Gasteiger partial charge in [0.15, 0.2) is 6.20 Å². The SMILES string of the molecule is CCCCCCCCCCCCCCCC(=O)Oc1cccc2ccc[n+](CCCCCCCCCC)c12. The first kappa shape index (κ1) is 32.3. The number of para-hydroxylation sites is 1. The van der Waals surface area contributed by atoms with Crippen molar-refractivity contribution < 1.29 is 14.1 Å². The van der Waals surface area contributed by atoms with E-state index in [1.54, 1.807) is 0 Å². The highest BCUT2D eigenvalue weighted by Crippen LogP contribution is 2.23. The average molecular weight is 525 g/mol. The third-order valence-electron chi connectivity index (χ3n) is 7.82. The molecular weight excluding hydrogens is 466 g/mol. The first-order chi connectivity index (χ1) is 18.8. The van der Waals surface area contributed by atoms with Crippen LogP contribution >= 0.6 is 0 Å². The summed E-state index contributed by atoms with van der Waals surface area (Å²) in [5.74, 6) is 0.616. The minimum absolute atomic E-state index is 0.0944. The summed E-state index contributed by atoms with van der Waals surface area (Å²) >= 11 is 0. The van der Waals surface area contributed by atoms with Gasteiger partial charge >= 0.3 is 5.97 Å². The molecule has 3 nitrogen and oxygen atoms in total. The van der Waals surface area contributed by atoms with E-state index in [0.29, 0.717) is 12.2 Å². The second kappa shape index (κ2) is 22.0. The Kier molecular flexibility index (Phi) is 18.7. The van der Waals surface area contributed by atoms with E-state index >= 15 is 0 Å². The minimum atomic E-state index is -0.0944. The first-order valence-electron chi connectivity index (χ1n) is 16.4. The molecule has 0 N–H and O–H groups in total. The zero-order chi connectivity index (χ0) is 27.1. The van der Waals surface area contributed by atoms with Gasteiger partial charge in [0, 0.05) is 18.9 Å². The maximum atomic E-state index is 12.6. The van der Waals surface area contributed by atoms with Gasteiger partial charge in [-0.15, -0.1) is 0 Å². The zero-order valence-corrected chi connectivity index (χ0v) is 25.0. The highest BCUT2D eigenvalue weighted by atomic mass is 16.5. The molecule has 2 rings (SSSR count). The van der Waals surface area contributed by atoms with Gasteiger partial charge in [-0.1, -0.05) is 135 Å². The van der Waals surface area contributed by atoms with Crippen molar-refractivity contribution in [3.8, 4) is 5.75 Å². The lowest BCUT2D eigenvalue weighted by atomic mass is 10.0. The summed E-state index contributed by atoms with van der Waals surface area (Å²) in [6, 6.07) is 10.3. The van der Waals surface area contributed by atoms with E-state index in [1.165, 1.54) is 122 Å². The van der Waals surface area contributed by atoms with Gasteiger partial charge in [0.1, 0.15) is 6.54 Å². The van der Waals surface area contributed by atoms with E-state index in [-0.39, 0.29) is 5.97 Å². The van der Waals surface area contributed by atoms with E-state index < -0.39 is 0 Å². The van der Waals surface area contributed by atoms with Gasteiger partial charge in [0.25, 0.3) is 5.52 Å². The summed E-state index contributed by atoms with van der Waals surface area (Å²) in [5.41, 5.74) is 1.05. The van der Waals surface area contributed by atoms with Gasteiger partial charge < -0.3 is 4.74 Å². The van der Waals surface area contributed by atoms with Gasteiger partial charge in [0.2, 0.25) is 5.75 Å². The number of fused-ring (bicyclic) bond motifs is 1. The highest BCUT2D eigenvalue weighted by molar-refractivity contribution is 5.84. The normalized spacial score (nSPS) is 11.3. The van der Waals surface area contributed by atoms with Crippen molar-refractivity contribution in [2.24, 2.45) is 0 Å². The topological polar surface area (TPSA) is 30.2 Å². The summed E-state index contributed by atoms with van der Waals surface area (Å²) < 4.78 is 8.18. The van der Waals surface area contributed by atoms with Crippen LogP contribution in [0, 0.1) is 0 Å². The summed E-state index contributed by atoms with van der Waals surface area (Å²) in [6.45, 7) is 5.52. The molecule has 0 saturated carbocycles. The zero-order valence-electron chi connectivity index (χ0n) is 25.0. The molecule has 2 aromatic rings. The minimum Gasteiger partial charge on any atom is -0.419 e. The third kappa shape index (κ3) is 14.3.